The second-order valence-electron chi connectivity index (χ2n) is 6.09. The molecule has 21 heavy (non-hydrogen) atoms. The predicted molar refractivity (Wildman–Crippen MR) is 77.4 cm³/mol. The van der Waals surface area contributed by atoms with Gasteiger partial charge >= 0.3 is 5.97 Å². The Morgan fingerprint density at radius 2 is 2.00 bits per heavy atom. The molecule has 0 spiro atoms. The Morgan fingerprint density at radius 3 is 2.52 bits per heavy atom. The Balaban J connectivity index is 2.47. The van der Waals surface area contributed by atoms with Crippen LogP contribution in [0.3, 0.4) is 0 Å². The highest BCUT2D eigenvalue weighted by molar-refractivity contribution is 5.86. The quantitative estimate of drug-likeness (QED) is 0.929. The van der Waals surface area contributed by atoms with E-state index in [0.717, 1.165) is 17.9 Å². The lowest BCUT2D eigenvalue weighted by Gasteiger charge is -2.20. The van der Waals surface area contributed by atoms with Crippen molar-refractivity contribution in [2.45, 2.75) is 53.1 Å². The van der Waals surface area contributed by atoms with Crippen LogP contribution in [0.25, 0.3) is 0 Å². The third kappa shape index (κ3) is 2.96. The number of hydrogen-bond donors (Lipinski definition) is 1. The molecule has 0 atom stereocenters. The molecule has 0 amide bonds. The summed E-state index contributed by atoms with van der Waals surface area (Å²) in [5.41, 5.74) is 2.20. The number of carboxylic acid groups (broad SMARTS) is 1. The van der Waals surface area contributed by atoms with Gasteiger partial charge in [-0.1, -0.05) is 26.0 Å². The summed E-state index contributed by atoms with van der Waals surface area (Å²) in [7, 11) is 0. The summed E-state index contributed by atoms with van der Waals surface area (Å²) >= 11 is 0. The van der Waals surface area contributed by atoms with Gasteiger partial charge in [0.15, 0.2) is 5.69 Å². The van der Waals surface area contributed by atoms with E-state index in [4.69, 9.17) is 0 Å². The molecule has 0 bridgehead atoms. The largest absolute Gasteiger partial charge is 0.476 e. The zero-order valence-electron chi connectivity index (χ0n) is 13.1. The summed E-state index contributed by atoms with van der Waals surface area (Å²) in [6.07, 6.45) is 0. The number of carboxylic acids is 1. The Hall–Kier alpha value is -2.18. The minimum Gasteiger partial charge on any atom is -0.476 e. The number of nitrogens with zero attached hydrogens (tertiary/aromatic N) is 5. The van der Waals surface area contributed by atoms with Gasteiger partial charge in [-0.2, -0.15) is 5.10 Å². The molecule has 114 valence electrons. The van der Waals surface area contributed by atoms with Gasteiger partial charge in [0, 0.05) is 12.0 Å². The Morgan fingerprint density at radius 1 is 1.33 bits per heavy atom. The SMILES string of the molecule is CCn1nc(C)cc1Cn1nnc(C(=O)O)c1C(C)(C)C. The van der Waals surface area contributed by atoms with Crippen LogP contribution in [-0.2, 0) is 18.5 Å². The lowest BCUT2D eigenvalue weighted by molar-refractivity contribution is 0.0687. The van der Waals surface area contributed by atoms with E-state index in [1.54, 1.807) is 4.68 Å². The van der Waals surface area contributed by atoms with Crippen LogP contribution in [0.1, 0.15) is 55.3 Å². The Kier molecular flexibility index (Phi) is 3.85. The molecule has 0 aliphatic rings. The van der Waals surface area contributed by atoms with Gasteiger partial charge in [-0.05, 0) is 19.9 Å². The van der Waals surface area contributed by atoms with Crippen LogP contribution >= 0.6 is 0 Å². The molecule has 7 nitrogen and oxygen atoms in total. The van der Waals surface area contributed by atoms with E-state index >= 15 is 0 Å². The molecule has 1 N–H and O–H groups in total. The van der Waals surface area contributed by atoms with Crippen molar-refractivity contribution in [1.29, 1.82) is 0 Å². The molecule has 2 aromatic heterocycles. The molecule has 0 saturated carbocycles. The average molecular weight is 291 g/mol. The first-order chi connectivity index (χ1) is 9.74. The minimum absolute atomic E-state index is 0.0155. The van der Waals surface area contributed by atoms with Gasteiger partial charge in [0.05, 0.1) is 23.6 Å². The average Bonchev–Trinajstić information content (AvgIpc) is 2.92. The van der Waals surface area contributed by atoms with Crippen molar-refractivity contribution in [3.8, 4) is 0 Å². The highest BCUT2D eigenvalue weighted by Gasteiger charge is 2.29. The maximum absolute atomic E-state index is 11.3. The zero-order chi connectivity index (χ0) is 15.8. The van der Waals surface area contributed by atoms with E-state index in [-0.39, 0.29) is 11.1 Å². The van der Waals surface area contributed by atoms with E-state index in [1.165, 1.54) is 0 Å². The summed E-state index contributed by atoms with van der Waals surface area (Å²) in [6, 6.07) is 1.98. The summed E-state index contributed by atoms with van der Waals surface area (Å²) < 4.78 is 3.55. The van der Waals surface area contributed by atoms with Gasteiger partial charge in [-0.3, -0.25) is 4.68 Å². The van der Waals surface area contributed by atoms with Crippen LogP contribution in [0, 0.1) is 6.92 Å². The highest BCUT2D eigenvalue weighted by Crippen LogP contribution is 2.25. The summed E-state index contributed by atoms with van der Waals surface area (Å²) in [5, 5.41) is 21.5. The number of hydrogen-bond acceptors (Lipinski definition) is 4. The molecule has 0 aliphatic heterocycles. The van der Waals surface area contributed by atoms with Gasteiger partial charge in [-0.15, -0.1) is 5.10 Å². The molecule has 2 rings (SSSR count). The fourth-order valence-corrected chi connectivity index (χ4v) is 2.46. The van der Waals surface area contributed by atoms with Crippen molar-refractivity contribution in [2.75, 3.05) is 0 Å². The van der Waals surface area contributed by atoms with Crippen molar-refractivity contribution < 1.29 is 9.90 Å². The number of aryl methyl sites for hydroxylation is 2. The van der Waals surface area contributed by atoms with Crippen LogP contribution < -0.4 is 0 Å². The zero-order valence-corrected chi connectivity index (χ0v) is 13.1. The first kappa shape index (κ1) is 15.2. The van der Waals surface area contributed by atoms with Crippen molar-refractivity contribution >= 4 is 5.97 Å². The second-order valence-corrected chi connectivity index (χ2v) is 6.09. The van der Waals surface area contributed by atoms with Gasteiger partial charge in [0.1, 0.15) is 0 Å². The Labute approximate surface area is 123 Å². The van der Waals surface area contributed by atoms with Crippen LogP contribution in [0.15, 0.2) is 6.07 Å². The number of aromatic nitrogens is 5. The molecular formula is C14H21N5O2. The smallest absolute Gasteiger partial charge is 0.358 e. The number of aromatic carboxylic acids is 1. The molecule has 0 aliphatic carbocycles. The van der Waals surface area contributed by atoms with E-state index in [2.05, 4.69) is 15.4 Å². The van der Waals surface area contributed by atoms with E-state index < -0.39 is 5.97 Å². The first-order valence-corrected chi connectivity index (χ1v) is 6.94. The monoisotopic (exact) mass is 291 g/mol. The molecular weight excluding hydrogens is 270 g/mol. The van der Waals surface area contributed by atoms with Crippen LogP contribution in [-0.4, -0.2) is 35.9 Å². The lowest BCUT2D eigenvalue weighted by atomic mass is 9.90. The summed E-state index contributed by atoms with van der Waals surface area (Å²) in [6.45, 7) is 11.0. The van der Waals surface area contributed by atoms with Crippen LogP contribution in [0.2, 0.25) is 0 Å². The standard InChI is InChI=1S/C14H21N5O2/c1-6-18-10(7-9(2)16-18)8-19-12(14(3,4)5)11(13(20)21)15-17-19/h7H,6,8H2,1-5H3,(H,20,21). The fraction of sp³-hybridized carbons (Fsp3) is 0.571. The van der Waals surface area contributed by atoms with E-state index in [1.807, 2.05) is 45.4 Å². The topological polar surface area (TPSA) is 85.8 Å². The minimum atomic E-state index is -1.05. The van der Waals surface area contributed by atoms with Gasteiger partial charge in [0.25, 0.3) is 0 Å². The normalized spacial score (nSPS) is 11.9. The number of rotatable bonds is 4. The van der Waals surface area contributed by atoms with Gasteiger partial charge < -0.3 is 5.11 Å². The molecule has 2 heterocycles. The molecule has 0 aromatic carbocycles. The molecule has 0 radical (unpaired) electrons. The van der Waals surface area contributed by atoms with Crippen molar-refractivity contribution in [3.05, 3.63) is 28.8 Å². The lowest BCUT2D eigenvalue weighted by Crippen LogP contribution is -2.23. The molecule has 0 unspecified atom stereocenters. The van der Waals surface area contributed by atoms with Crippen LogP contribution in [0.4, 0.5) is 0 Å². The summed E-state index contributed by atoms with van der Waals surface area (Å²) in [4.78, 5) is 11.3. The summed E-state index contributed by atoms with van der Waals surface area (Å²) in [5.74, 6) is -1.05. The fourth-order valence-electron chi connectivity index (χ4n) is 2.46. The van der Waals surface area contributed by atoms with Gasteiger partial charge in [0.2, 0.25) is 0 Å². The van der Waals surface area contributed by atoms with Crippen LogP contribution in [0.5, 0.6) is 0 Å². The second kappa shape index (κ2) is 5.31. The van der Waals surface area contributed by atoms with Crippen molar-refractivity contribution in [2.24, 2.45) is 0 Å². The number of carbonyl (C=O) groups is 1. The molecule has 7 heteroatoms. The highest BCUT2D eigenvalue weighted by atomic mass is 16.4. The molecule has 0 fully saturated rings. The third-order valence-electron chi connectivity index (χ3n) is 3.24. The third-order valence-corrected chi connectivity index (χ3v) is 3.24. The maximum atomic E-state index is 11.3. The van der Waals surface area contributed by atoms with Crippen molar-refractivity contribution in [3.63, 3.8) is 0 Å². The van der Waals surface area contributed by atoms with Crippen molar-refractivity contribution in [1.82, 2.24) is 24.8 Å². The molecule has 2 aromatic rings. The van der Waals surface area contributed by atoms with Gasteiger partial charge in [-0.25, -0.2) is 9.48 Å². The van der Waals surface area contributed by atoms with E-state index in [9.17, 15) is 9.90 Å². The Bertz CT molecular complexity index is 663. The maximum Gasteiger partial charge on any atom is 0.358 e. The molecule has 0 saturated heterocycles. The van der Waals surface area contributed by atoms with E-state index in [0.29, 0.717) is 12.2 Å². The first-order valence-electron chi connectivity index (χ1n) is 6.94. The predicted octanol–water partition coefficient (Wildman–Crippen LogP) is 1.85.